The fourth-order valence-electron chi connectivity index (χ4n) is 1.63. The Morgan fingerprint density at radius 2 is 2.53 bits per heavy atom. The van der Waals surface area contributed by atoms with E-state index >= 15 is 0 Å². The monoisotopic (exact) mass is 211 g/mol. The molecule has 6 heteroatoms. The van der Waals surface area contributed by atoms with Crippen LogP contribution < -0.4 is 11.4 Å². The van der Waals surface area contributed by atoms with Gasteiger partial charge in [0.05, 0.1) is 6.61 Å². The van der Waals surface area contributed by atoms with Gasteiger partial charge in [0, 0.05) is 18.7 Å². The van der Waals surface area contributed by atoms with E-state index in [1.165, 1.54) is 4.57 Å². The summed E-state index contributed by atoms with van der Waals surface area (Å²) in [4.78, 5) is 15.1. The SMILES string of the molecule is Nc1ccn(C2CC(CO)CO2)c(=O)n1. The number of hydrogen-bond acceptors (Lipinski definition) is 5. The van der Waals surface area contributed by atoms with E-state index in [1.54, 1.807) is 12.3 Å². The zero-order valence-electron chi connectivity index (χ0n) is 8.17. The molecule has 15 heavy (non-hydrogen) atoms. The summed E-state index contributed by atoms with van der Waals surface area (Å²) in [7, 11) is 0. The lowest BCUT2D eigenvalue weighted by Gasteiger charge is -2.12. The van der Waals surface area contributed by atoms with E-state index in [4.69, 9.17) is 15.6 Å². The predicted octanol–water partition coefficient (Wildman–Crippen LogP) is -0.647. The molecule has 1 saturated heterocycles. The van der Waals surface area contributed by atoms with Crippen molar-refractivity contribution in [2.45, 2.75) is 12.6 Å². The lowest BCUT2D eigenvalue weighted by atomic mass is 10.1. The predicted molar refractivity (Wildman–Crippen MR) is 53.1 cm³/mol. The summed E-state index contributed by atoms with van der Waals surface area (Å²) in [5, 5.41) is 8.94. The van der Waals surface area contributed by atoms with E-state index in [9.17, 15) is 4.79 Å². The fourth-order valence-corrected chi connectivity index (χ4v) is 1.63. The molecule has 3 N–H and O–H groups in total. The number of hydrogen-bond donors (Lipinski definition) is 2. The summed E-state index contributed by atoms with van der Waals surface area (Å²) in [6.45, 7) is 0.547. The van der Waals surface area contributed by atoms with Crippen LogP contribution in [0.2, 0.25) is 0 Å². The van der Waals surface area contributed by atoms with Gasteiger partial charge in [-0.05, 0) is 12.5 Å². The molecular formula is C9H13N3O3. The Bertz CT molecular complexity index is 404. The van der Waals surface area contributed by atoms with Crippen LogP contribution in [0.5, 0.6) is 0 Å². The third-order valence-corrected chi connectivity index (χ3v) is 2.48. The summed E-state index contributed by atoms with van der Waals surface area (Å²) in [5.41, 5.74) is 4.96. The quantitative estimate of drug-likeness (QED) is 0.678. The summed E-state index contributed by atoms with van der Waals surface area (Å²) < 4.78 is 6.78. The zero-order valence-corrected chi connectivity index (χ0v) is 8.17. The average Bonchev–Trinajstić information content (AvgIpc) is 2.66. The molecule has 0 radical (unpaired) electrons. The van der Waals surface area contributed by atoms with Gasteiger partial charge >= 0.3 is 5.69 Å². The molecule has 1 aliphatic rings. The minimum atomic E-state index is -0.418. The number of aliphatic hydroxyl groups excluding tert-OH is 1. The number of nitrogens with zero attached hydrogens (tertiary/aromatic N) is 2. The van der Waals surface area contributed by atoms with Crippen LogP contribution in [-0.4, -0.2) is 27.9 Å². The van der Waals surface area contributed by atoms with E-state index in [-0.39, 0.29) is 24.6 Å². The zero-order chi connectivity index (χ0) is 10.8. The van der Waals surface area contributed by atoms with Crippen molar-refractivity contribution in [1.82, 2.24) is 9.55 Å². The first-order chi connectivity index (χ1) is 7.20. The van der Waals surface area contributed by atoms with Crippen molar-refractivity contribution in [3.8, 4) is 0 Å². The third-order valence-electron chi connectivity index (χ3n) is 2.48. The molecule has 0 saturated carbocycles. The van der Waals surface area contributed by atoms with Gasteiger partial charge in [-0.25, -0.2) is 4.79 Å². The number of nitrogens with two attached hydrogens (primary N) is 1. The van der Waals surface area contributed by atoms with Gasteiger partial charge < -0.3 is 15.6 Å². The smallest absolute Gasteiger partial charge is 0.351 e. The van der Waals surface area contributed by atoms with E-state index in [2.05, 4.69) is 4.98 Å². The van der Waals surface area contributed by atoms with E-state index in [1.807, 2.05) is 0 Å². The first-order valence-corrected chi connectivity index (χ1v) is 4.78. The number of nitrogen functional groups attached to an aromatic ring is 1. The highest BCUT2D eigenvalue weighted by Crippen LogP contribution is 2.26. The van der Waals surface area contributed by atoms with Crippen molar-refractivity contribution in [3.63, 3.8) is 0 Å². The van der Waals surface area contributed by atoms with Crippen LogP contribution in [0, 0.1) is 5.92 Å². The molecule has 1 fully saturated rings. The lowest BCUT2D eigenvalue weighted by Crippen LogP contribution is -2.26. The van der Waals surface area contributed by atoms with Crippen LogP contribution in [0.3, 0.4) is 0 Å². The van der Waals surface area contributed by atoms with Gasteiger partial charge in [0.25, 0.3) is 0 Å². The van der Waals surface area contributed by atoms with Gasteiger partial charge in [-0.1, -0.05) is 0 Å². The van der Waals surface area contributed by atoms with Crippen LogP contribution >= 0.6 is 0 Å². The summed E-state index contributed by atoms with van der Waals surface area (Å²) >= 11 is 0. The highest BCUT2D eigenvalue weighted by atomic mass is 16.5. The van der Waals surface area contributed by atoms with Gasteiger partial charge in [-0.15, -0.1) is 0 Å². The largest absolute Gasteiger partial charge is 0.396 e. The molecule has 1 aromatic rings. The Hall–Kier alpha value is -1.40. The second-order valence-electron chi connectivity index (χ2n) is 3.61. The maximum Gasteiger partial charge on any atom is 0.351 e. The number of ether oxygens (including phenoxy) is 1. The Kier molecular flexibility index (Phi) is 2.70. The maximum atomic E-state index is 11.5. The van der Waals surface area contributed by atoms with Gasteiger partial charge in [-0.2, -0.15) is 4.98 Å². The Balaban J connectivity index is 2.20. The highest BCUT2D eigenvalue weighted by Gasteiger charge is 2.26. The topological polar surface area (TPSA) is 90.4 Å². The lowest BCUT2D eigenvalue weighted by molar-refractivity contribution is 0.0491. The maximum absolute atomic E-state index is 11.5. The van der Waals surface area contributed by atoms with Crippen LogP contribution in [0.4, 0.5) is 5.82 Å². The Morgan fingerprint density at radius 3 is 3.13 bits per heavy atom. The number of rotatable bonds is 2. The van der Waals surface area contributed by atoms with Crippen molar-refractivity contribution < 1.29 is 9.84 Å². The van der Waals surface area contributed by atoms with Crippen molar-refractivity contribution in [2.24, 2.45) is 5.92 Å². The molecule has 0 amide bonds. The molecule has 2 rings (SSSR count). The molecule has 82 valence electrons. The summed E-state index contributed by atoms with van der Waals surface area (Å²) in [6.07, 6.45) is 1.86. The first-order valence-electron chi connectivity index (χ1n) is 4.78. The third kappa shape index (κ3) is 2.00. The van der Waals surface area contributed by atoms with Gasteiger partial charge in [0.1, 0.15) is 12.0 Å². The molecule has 2 heterocycles. The van der Waals surface area contributed by atoms with Crippen molar-refractivity contribution in [3.05, 3.63) is 22.7 Å². The standard InChI is InChI=1S/C9H13N3O3/c10-7-1-2-12(9(14)11-7)8-3-6(4-13)5-15-8/h1-2,6,8,13H,3-5H2,(H2,10,11,14). The van der Waals surface area contributed by atoms with Crippen molar-refractivity contribution in [1.29, 1.82) is 0 Å². The molecule has 0 spiro atoms. The van der Waals surface area contributed by atoms with E-state index < -0.39 is 5.69 Å². The number of aliphatic hydroxyl groups is 1. The van der Waals surface area contributed by atoms with E-state index in [0.717, 1.165) is 0 Å². The van der Waals surface area contributed by atoms with Crippen LogP contribution in [0.15, 0.2) is 17.1 Å². The van der Waals surface area contributed by atoms with Crippen LogP contribution in [0.25, 0.3) is 0 Å². The molecule has 0 aromatic carbocycles. The molecule has 1 aliphatic heterocycles. The normalized spacial score (nSPS) is 25.7. The molecule has 2 atom stereocenters. The first kappa shape index (κ1) is 10.1. The molecule has 2 unspecified atom stereocenters. The van der Waals surface area contributed by atoms with E-state index in [0.29, 0.717) is 13.0 Å². The molecular weight excluding hydrogens is 198 g/mol. The number of anilines is 1. The molecule has 0 aliphatic carbocycles. The van der Waals surface area contributed by atoms with Gasteiger partial charge in [0.2, 0.25) is 0 Å². The molecule has 6 nitrogen and oxygen atoms in total. The minimum absolute atomic E-state index is 0.0770. The molecule has 0 bridgehead atoms. The highest BCUT2D eigenvalue weighted by molar-refractivity contribution is 5.23. The fraction of sp³-hybridized carbons (Fsp3) is 0.556. The molecule has 1 aromatic heterocycles. The van der Waals surface area contributed by atoms with Crippen LogP contribution in [0.1, 0.15) is 12.6 Å². The Labute approximate surface area is 86.3 Å². The second-order valence-corrected chi connectivity index (χ2v) is 3.61. The van der Waals surface area contributed by atoms with Crippen molar-refractivity contribution >= 4 is 5.82 Å². The number of aromatic nitrogens is 2. The second kappa shape index (κ2) is 4.00. The average molecular weight is 211 g/mol. The van der Waals surface area contributed by atoms with Crippen molar-refractivity contribution in [2.75, 3.05) is 18.9 Å². The summed E-state index contributed by atoms with van der Waals surface area (Å²) in [6, 6.07) is 1.55. The van der Waals surface area contributed by atoms with Crippen LogP contribution in [-0.2, 0) is 4.74 Å². The van der Waals surface area contributed by atoms with Gasteiger partial charge in [0.15, 0.2) is 0 Å². The Morgan fingerprint density at radius 1 is 1.73 bits per heavy atom. The summed E-state index contributed by atoms with van der Waals surface area (Å²) in [5.74, 6) is 0.299. The van der Waals surface area contributed by atoms with Gasteiger partial charge in [-0.3, -0.25) is 4.57 Å². The minimum Gasteiger partial charge on any atom is -0.396 e.